The third-order valence-corrected chi connectivity index (χ3v) is 3.48. The number of nitriles is 1. The molecule has 0 saturated carbocycles. The third-order valence-electron chi connectivity index (χ3n) is 3.48. The molecule has 0 spiro atoms. The summed E-state index contributed by atoms with van der Waals surface area (Å²) < 4.78 is 0. The van der Waals surface area contributed by atoms with Gasteiger partial charge in [0.2, 0.25) is 0 Å². The molecule has 0 radical (unpaired) electrons. The Kier molecular flexibility index (Phi) is 4.37. The van der Waals surface area contributed by atoms with Gasteiger partial charge in [0.1, 0.15) is 0 Å². The molecule has 0 unspecified atom stereocenters. The van der Waals surface area contributed by atoms with Gasteiger partial charge in [0.05, 0.1) is 11.6 Å². The van der Waals surface area contributed by atoms with E-state index < -0.39 is 0 Å². The van der Waals surface area contributed by atoms with Crippen LogP contribution in [0.15, 0.2) is 24.3 Å². The minimum Gasteiger partial charge on any atom is -0.330 e. The Bertz CT molecular complexity index is 486. The molecular weight excluding hydrogens is 240 g/mol. The SMILES string of the molecule is N#Cc1cccc(NC(=O)N2CCC(CN)CC2)c1. The van der Waals surface area contributed by atoms with Crippen LogP contribution in [0.1, 0.15) is 18.4 Å². The van der Waals surface area contributed by atoms with Crippen molar-refractivity contribution in [2.24, 2.45) is 11.7 Å². The third kappa shape index (κ3) is 3.46. The first-order chi connectivity index (χ1) is 9.22. The summed E-state index contributed by atoms with van der Waals surface area (Å²) in [5.41, 5.74) is 6.83. The summed E-state index contributed by atoms with van der Waals surface area (Å²) in [4.78, 5) is 13.9. The zero-order valence-electron chi connectivity index (χ0n) is 10.8. The lowest BCUT2D eigenvalue weighted by Crippen LogP contribution is -2.42. The molecule has 0 atom stereocenters. The summed E-state index contributed by atoms with van der Waals surface area (Å²) in [6.45, 7) is 2.18. The summed E-state index contributed by atoms with van der Waals surface area (Å²) in [6.07, 6.45) is 1.92. The fraction of sp³-hybridized carbons (Fsp3) is 0.429. The number of likely N-dealkylation sites (tertiary alicyclic amines) is 1. The molecule has 1 heterocycles. The smallest absolute Gasteiger partial charge is 0.321 e. The van der Waals surface area contributed by atoms with Crippen LogP contribution in [-0.4, -0.2) is 30.6 Å². The summed E-state index contributed by atoms with van der Waals surface area (Å²) in [6, 6.07) is 8.87. The molecular formula is C14H18N4O. The number of carbonyl (C=O) groups excluding carboxylic acids is 1. The number of nitrogens with one attached hydrogen (secondary N) is 1. The molecule has 2 amide bonds. The van der Waals surface area contributed by atoms with Crippen molar-refractivity contribution < 1.29 is 4.79 Å². The van der Waals surface area contributed by atoms with Crippen LogP contribution < -0.4 is 11.1 Å². The summed E-state index contributed by atoms with van der Waals surface area (Å²) in [7, 11) is 0. The maximum Gasteiger partial charge on any atom is 0.321 e. The maximum atomic E-state index is 12.1. The zero-order valence-corrected chi connectivity index (χ0v) is 10.8. The fourth-order valence-electron chi connectivity index (χ4n) is 2.24. The molecule has 19 heavy (non-hydrogen) atoms. The average molecular weight is 258 g/mol. The fourth-order valence-corrected chi connectivity index (χ4v) is 2.24. The highest BCUT2D eigenvalue weighted by Gasteiger charge is 2.21. The molecule has 1 fully saturated rings. The summed E-state index contributed by atoms with van der Waals surface area (Å²) in [5.74, 6) is 0.533. The molecule has 2 rings (SSSR count). The van der Waals surface area contributed by atoms with Crippen LogP contribution in [0.5, 0.6) is 0 Å². The number of rotatable bonds is 2. The van der Waals surface area contributed by atoms with Gasteiger partial charge in [-0.05, 0) is 43.5 Å². The number of nitrogens with zero attached hydrogens (tertiary/aromatic N) is 2. The van der Waals surface area contributed by atoms with Gasteiger partial charge in [-0.15, -0.1) is 0 Å². The molecule has 1 aliphatic heterocycles. The van der Waals surface area contributed by atoms with E-state index in [0.717, 1.165) is 25.9 Å². The minimum atomic E-state index is -0.106. The van der Waals surface area contributed by atoms with Crippen molar-refractivity contribution in [2.75, 3.05) is 25.0 Å². The van der Waals surface area contributed by atoms with Crippen molar-refractivity contribution in [3.63, 3.8) is 0 Å². The van der Waals surface area contributed by atoms with Crippen molar-refractivity contribution in [3.8, 4) is 6.07 Å². The number of anilines is 1. The highest BCUT2D eigenvalue weighted by atomic mass is 16.2. The van der Waals surface area contributed by atoms with Gasteiger partial charge in [-0.2, -0.15) is 5.26 Å². The second-order valence-electron chi connectivity index (χ2n) is 4.79. The Hall–Kier alpha value is -2.06. The number of carbonyl (C=O) groups is 1. The molecule has 1 aliphatic rings. The number of piperidine rings is 1. The van der Waals surface area contributed by atoms with E-state index in [-0.39, 0.29) is 6.03 Å². The molecule has 100 valence electrons. The quantitative estimate of drug-likeness (QED) is 0.848. The largest absolute Gasteiger partial charge is 0.330 e. The summed E-state index contributed by atoms with van der Waals surface area (Å²) >= 11 is 0. The van der Waals surface area contributed by atoms with E-state index in [0.29, 0.717) is 23.7 Å². The van der Waals surface area contributed by atoms with E-state index in [1.807, 2.05) is 0 Å². The Balaban J connectivity index is 1.92. The molecule has 3 N–H and O–H groups in total. The van der Waals surface area contributed by atoms with Gasteiger partial charge in [0.15, 0.2) is 0 Å². The van der Waals surface area contributed by atoms with Crippen LogP contribution in [0.2, 0.25) is 0 Å². The normalized spacial score (nSPS) is 15.9. The van der Waals surface area contributed by atoms with Gasteiger partial charge in [0, 0.05) is 18.8 Å². The number of benzene rings is 1. The van der Waals surface area contributed by atoms with Crippen LogP contribution in [0.25, 0.3) is 0 Å². The predicted octanol–water partition coefficient (Wildman–Crippen LogP) is 1.76. The summed E-state index contributed by atoms with van der Waals surface area (Å²) in [5, 5.41) is 11.6. The Morgan fingerprint density at radius 3 is 2.84 bits per heavy atom. The highest BCUT2D eigenvalue weighted by molar-refractivity contribution is 5.89. The second kappa shape index (κ2) is 6.21. The van der Waals surface area contributed by atoms with Crippen LogP contribution in [0, 0.1) is 17.2 Å². The topological polar surface area (TPSA) is 82.2 Å². The van der Waals surface area contributed by atoms with Gasteiger partial charge < -0.3 is 16.0 Å². The van der Waals surface area contributed by atoms with E-state index in [9.17, 15) is 4.79 Å². The van der Waals surface area contributed by atoms with Crippen LogP contribution in [-0.2, 0) is 0 Å². The highest BCUT2D eigenvalue weighted by Crippen LogP contribution is 2.17. The zero-order chi connectivity index (χ0) is 13.7. The van der Waals surface area contributed by atoms with E-state index in [2.05, 4.69) is 11.4 Å². The first-order valence-electron chi connectivity index (χ1n) is 6.49. The Morgan fingerprint density at radius 2 is 2.21 bits per heavy atom. The van der Waals surface area contributed by atoms with Gasteiger partial charge >= 0.3 is 6.03 Å². The molecule has 0 bridgehead atoms. The molecule has 5 nitrogen and oxygen atoms in total. The van der Waals surface area contributed by atoms with E-state index in [1.165, 1.54) is 0 Å². The van der Waals surface area contributed by atoms with Gasteiger partial charge in [-0.1, -0.05) is 6.07 Å². The van der Waals surface area contributed by atoms with Crippen molar-refractivity contribution in [1.82, 2.24) is 4.90 Å². The van der Waals surface area contributed by atoms with Crippen molar-refractivity contribution in [3.05, 3.63) is 29.8 Å². The standard InChI is InChI=1S/C14H18N4O/c15-9-11-4-6-18(7-5-11)14(19)17-13-3-1-2-12(8-13)10-16/h1-3,8,11H,4-7,9,15H2,(H,17,19). The Labute approximate surface area is 113 Å². The number of amides is 2. The van der Waals surface area contributed by atoms with Crippen molar-refractivity contribution in [2.45, 2.75) is 12.8 Å². The molecule has 5 heteroatoms. The van der Waals surface area contributed by atoms with Gasteiger partial charge in [0.25, 0.3) is 0 Å². The number of hydrogen-bond acceptors (Lipinski definition) is 3. The Morgan fingerprint density at radius 1 is 1.47 bits per heavy atom. The average Bonchev–Trinajstić information content (AvgIpc) is 2.47. The first-order valence-corrected chi connectivity index (χ1v) is 6.49. The molecule has 1 aromatic carbocycles. The molecule has 0 aliphatic carbocycles. The lowest BCUT2D eigenvalue weighted by atomic mass is 9.97. The first kappa shape index (κ1) is 13.4. The maximum absolute atomic E-state index is 12.1. The number of hydrogen-bond donors (Lipinski definition) is 2. The molecule has 1 saturated heterocycles. The van der Waals surface area contributed by atoms with Gasteiger partial charge in [-0.3, -0.25) is 0 Å². The molecule has 0 aromatic heterocycles. The van der Waals surface area contributed by atoms with E-state index >= 15 is 0 Å². The lowest BCUT2D eigenvalue weighted by Gasteiger charge is -2.31. The van der Waals surface area contributed by atoms with E-state index in [4.69, 9.17) is 11.0 Å². The van der Waals surface area contributed by atoms with Crippen LogP contribution >= 0.6 is 0 Å². The van der Waals surface area contributed by atoms with Crippen LogP contribution in [0.4, 0.5) is 10.5 Å². The van der Waals surface area contributed by atoms with Crippen molar-refractivity contribution in [1.29, 1.82) is 5.26 Å². The lowest BCUT2D eigenvalue weighted by molar-refractivity contribution is 0.184. The minimum absolute atomic E-state index is 0.106. The predicted molar refractivity (Wildman–Crippen MR) is 73.5 cm³/mol. The van der Waals surface area contributed by atoms with E-state index in [1.54, 1.807) is 29.2 Å². The molecule has 1 aromatic rings. The number of nitrogens with two attached hydrogens (primary N) is 1. The number of urea groups is 1. The second-order valence-corrected chi connectivity index (χ2v) is 4.79. The van der Waals surface area contributed by atoms with Crippen LogP contribution in [0.3, 0.4) is 0 Å². The monoisotopic (exact) mass is 258 g/mol. The van der Waals surface area contributed by atoms with Crippen molar-refractivity contribution >= 4 is 11.7 Å². The van der Waals surface area contributed by atoms with Gasteiger partial charge in [-0.25, -0.2) is 4.79 Å².